The van der Waals surface area contributed by atoms with Crippen LogP contribution in [0.1, 0.15) is 0 Å². The van der Waals surface area contributed by atoms with Crippen LogP contribution >= 0.6 is 22.6 Å². The Kier molecular flexibility index (Phi) is 2.36. The van der Waals surface area contributed by atoms with E-state index in [1.54, 1.807) is 7.11 Å². The average Bonchev–Trinajstić information content (AvgIpc) is 2.53. The van der Waals surface area contributed by atoms with Crippen molar-refractivity contribution < 1.29 is 14.2 Å². The second-order valence-corrected chi connectivity index (χ2v) is 4.49. The van der Waals surface area contributed by atoms with Gasteiger partial charge in [0.2, 0.25) is 0 Å². The first-order valence-electron chi connectivity index (χ1n) is 3.73. The van der Waals surface area contributed by atoms with Crippen LogP contribution in [0.3, 0.4) is 0 Å². The van der Waals surface area contributed by atoms with Crippen molar-refractivity contribution in [3.8, 4) is 0 Å². The van der Waals surface area contributed by atoms with Crippen LogP contribution in [0.2, 0.25) is 0 Å². The Morgan fingerprint density at radius 1 is 1.27 bits per heavy atom. The van der Waals surface area contributed by atoms with Gasteiger partial charge in [-0.15, -0.1) is 0 Å². The van der Waals surface area contributed by atoms with Gasteiger partial charge in [0, 0.05) is 7.11 Å². The summed E-state index contributed by atoms with van der Waals surface area (Å²) in [5.41, 5.74) is 0. The van der Waals surface area contributed by atoms with Crippen LogP contribution in [0, 0.1) is 0 Å². The fraction of sp³-hybridized carbons (Fsp3) is 1.00. The van der Waals surface area contributed by atoms with E-state index in [1.807, 2.05) is 0 Å². The zero-order chi connectivity index (χ0) is 7.84. The van der Waals surface area contributed by atoms with E-state index in [1.165, 1.54) is 0 Å². The number of alkyl halides is 1. The van der Waals surface area contributed by atoms with E-state index in [9.17, 15) is 0 Å². The highest BCUT2D eigenvalue weighted by atomic mass is 127. The minimum Gasteiger partial charge on any atom is -0.376 e. The van der Waals surface area contributed by atoms with Crippen LogP contribution in [0.25, 0.3) is 0 Å². The highest BCUT2D eigenvalue weighted by Crippen LogP contribution is 2.32. The molecule has 2 rings (SSSR count). The fourth-order valence-electron chi connectivity index (χ4n) is 1.62. The molecule has 0 radical (unpaired) electrons. The summed E-state index contributed by atoms with van der Waals surface area (Å²) in [7, 11) is 1.71. The molecule has 1 unspecified atom stereocenters. The van der Waals surface area contributed by atoms with Gasteiger partial charge in [0.25, 0.3) is 0 Å². The Morgan fingerprint density at radius 2 is 2.00 bits per heavy atom. The van der Waals surface area contributed by atoms with E-state index < -0.39 is 0 Å². The molecule has 64 valence electrons. The van der Waals surface area contributed by atoms with Crippen molar-refractivity contribution in [3.63, 3.8) is 0 Å². The molecule has 2 heterocycles. The van der Waals surface area contributed by atoms with Crippen LogP contribution in [0.15, 0.2) is 0 Å². The molecular weight excluding hydrogens is 259 g/mol. The zero-order valence-electron chi connectivity index (χ0n) is 6.33. The van der Waals surface area contributed by atoms with Gasteiger partial charge in [0.05, 0.1) is 17.1 Å². The van der Waals surface area contributed by atoms with Gasteiger partial charge in [-0.05, 0) is 0 Å². The van der Waals surface area contributed by atoms with Crippen LogP contribution in [0.5, 0.6) is 0 Å². The van der Waals surface area contributed by atoms with Crippen molar-refractivity contribution in [1.29, 1.82) is 0 Å². The molecule has 0 aromatic carbocycles. The first-order chi connectivity index (χ1) is 5.33. The van der Waals surface area contributed by atoms with Crippen molar-refractivity contribution in [2.45, 2.75) is 22.2 Å². The average molecular weight is 270 g/mol. The third kappa shape index (κ3) is 1.30. The minimum absolute atomic E-state index is 0.153. The van der Waals surface area contributed by atoms with Crippen LogP contribution in [-0.4, -0.2) is 42.6 Å². The van der Waals surface area contributed by atoms with Gasteiger partial charge < -0.3 is 14.2 Å². The van der Waals surface area contributed by atoms with Crippen molar-refractivity contribution >= 4 is 22.6 Å². The number of rotatable bonds is 1. The van der Waals surface area contributed by atoms with Crippen molar-refractivity contribution in [1.82, 2.24) is 0 Å². The molecule has 2 aliphatic rings. The van der Waals surface area contributed by atoms with E-state index >= 15 is 0 Å². The molecule has 0 aliphatic carbocycles. The molecule has 4 atom stereocenters. The molecular formula is C7H11IO3. The summed E-state index contributed by atoms with van der Waals surface area (Å²) in [5, 5.41) is 0. The summed E-state index contributed by atoms with van der Waals surface area (Å²) < 4.78 is 16.8. The molecule has 0 spiro atoms. The third-order valence-electron chi connectivity index (χ3n) is 2.25. The molecule has 0 aromatic rings. The molecule has 0 aromatic heterocycles. The lowest BCUT2D eigenvalue weighted by molar-refractivity contribution is -0.00700. The maximum atomic E-state index is 5.54. The van der Waals surface area contributed by atoms with Gasteiger partial charge in [-0.25, -0.2) is 0 Å². The lowest BCUT2D eigenvalue weighted by Gasteiger charge is -2.13. The molecule has 2 fully saturated rings. The maximum absolute atomic E-state index is 5.54. The minimum atomic E-state index is 0.153. The number of fused-ring (bicyclic) bond motifs is 1. The highest BCUT2D eigenvalue weighted by molar-refractivity contribution is 14.1. The van der Waals surface area contributed by atoms with Crippen molar-refractivity contribution in [2.24, 2.45) is 0 Å². The number of halogens is 1. The topological polar surface area (TPSA) is 27.7 Å². The van der Waals surface area contributed by atoms with Gasteiger partial charge in [-0.2, -0.15) is 0 Å². The van der Waals surface area contributed by atoms with E-state index in [-0.39, 0.29) is 18.3 Å². The molecule has 2 saturated heterocycles. The van der Waals surface area contributed by atoms with E-state index in [2.05, 4.69) is 22.6 Å². The fourth-order valence-corrected chi connectivity index (χ4v) is 2.44. The largest absolute Gasteiger partial charge is 0.376 e. The van der Waals surface area contributed by atoms with E-state index in [0.717, 1.165) is 6.61 Å². The molecule has 0 bridgehead atoms. The predicted molar refractivity (Wildman–Crippen MR) is 48.1 cm³/mol. The lowest BCUT2D eigenvalue weighted by atomic mass is 10.1. The number of hydrogen-bond donors (Lipinski definition) is 0. The Bertz CT molecular complexity index is 153. The van der Waals surface area contributed by atoms with Gasteiger partial charge in [0.15, 0.2) is 0 Å². The Balaban J connectivity index is 2.04. The monoisotopic (exact) mass is 270 g/mol. The quantitative estimate of drug-likeness (QED) is 0.516. The van der Waals surface area contributed by atoms with Crippen LogP contribution in [-0.2, 0) is 14.2 Å². The molecule has 0 saturated carbocycles. The first-order valence-corrected chi connectivity index (χ1v) is 4.97. The molecule has 3 nitrogen and oxygen atoms in total. The summed E-state index contributed by atoms with van der Waals surface area (Å²) in [5.74, 6) is 0. The van der Waals surface area contributed by atoms with E-state index in [0.29, 0.717) is 10.5 Å². The Hall–Kier alpha value is 0.610. The Morgan fingerprint density at radius 3 is 2.73 bits per heavy atom. The summed E-state index contributed by atoms with van der Waals surface area (Å²) in [6, 6.07) is 0. The van der Waals surface area contributed by atoms with Crippen molar-refractivity contribution in [2.75, 3.05) is 20.3 Å². The number of ether oxygens (including phenoxy) is 3. The first kappa shape index (κ1) is 8.22. The normalized spacial score (nSPS) is 49.6. The third-order valence-corrected chi connectivity index (χ3v) is 3.32. The van der Waals surface area contributed by atoms with Crippen molar-refractivity contribution in [3.05, 3.63) is 0 Å². The van der Waals surface area contributed by atoms with Gasteiger partial charge >= 0.3 is 0 Å². The van der Waals surface area contributed by atoms with Gasteiger partial charge in [0.1, 0.15) is 18.3 Å². The SMILES string of the molecule is CO[C@@H]1CO[C@@H]2C(I)CO[C@@H]21. The molecule has 11 heavy (non-hydrogen) atoms. The van der Waals surface area contributed by atoms with Gasteiger partial charge in [-0.1, -0.05) is 22.6 Å². The second-order valence-electron chi connectivity index (χ2n) is 2.89. The standard InChI is InChI=1S/C7H11IO3/c1-9-5-3-11-6-4(8)2-10-7(5)6/h4-7H,2-3H2,1H3/t4?,5-,6-,7-/m1/s1. The lowest BCUT2D eigenvalue weighted by Crippen LogP contribution is -2.30. The maximum Gasteiger partial charge on any atom is 0.113 e. The molecule has 2 aliphatic heterocycles. The summed E-state index contributed by atoms with van der Waals surface area (Å²) in [6.45, 7) is 1.49. The molecule has 0 amide bonds. The van der Waals surface area contributed by atoms with E-state index in [4.69, 9.17) is 14.2 Å². The zero-order valence-corrected chi connectivity index (χ0v) is 8.48. The number of hydrogen-bond acceptors (Lipinski definition) is 3. The van der Waals surface area contributed by atoms with Crippen LogP contribution in [0.4, 0.5) is 0 Å². The number of methoxy groups -OCH3 is 1. The summed E-state index contributed by atoms with van der Waals surface area (Å²) in [6.07, 6.45) is 0.599. The van der Waals surface area contributed by atoms with Gasteiger partial charge in [-0.3, -0.25) is 0 Å². The van der Waals surface area contributed by atoms with Crippen LogP contribution < -0.4 is 0 Å². The molecule has 0 N–H and O–H groups in total. The second kappa shape index (κ2) is 3.16. The predicted octanol–water partition coefficient (Wildman–Crippen LogP) is 0.603. The highest BCUT2D eigenvalue weighted by Gasteiger charge is 2.46. The summed E-state index contributed by atoms with van der Waals surface area (Å²) >= 11 is 2.37. The summed E-state index contributed by atoms with van der Waals surface area (Å²) in [4.78, 5) is 0. The molecule has 4 heteroatoms. The smallest absolute Gasteiger partial charge is 0.113 e. The Labute approximate surface area is 79.5 Å².